The number of hydrogen-bond acceptors (Lipinski definition) is 3. The zero-order valence-corrected chi connectivity index (χ0v) is 12.1. The predicted octanol–water partition coefficient (Wildman–Crippen LogP) is 2.84. The average Bonchev–Trinajstić information content (AvgIpc) is 2.85. The molecule has 1 aromatic rings. The maximum Gasteiger partial charge on any atom is 0.240 e. The van der Waals surface area contributed by atoms with E-state index in [1.807, 2.05) is 31.2 Å². The van der Waals surface area contributed by atoms with Crippen molar-refractivity contribution in [3.8, 4) is 0 Å². The van der Waals surface area contributed by atoms with Crippen molar-refractivity contribution in [2.75, 3.05) is 17.7 Å². The first-order valence-corrected chi connectivity index (χ1v) is 7.78. The van der Waals surface area contributed by atoms with Gasteiger partial charge in [-0.25, -0.2) is 0 Å². The molecule has 1 aliphatic rings. The van der Waals surface area contributed by atoms with Crippen molar-refractivity contribution in [2.24, 2.45) is 0 Å². The number of benzene rings is 1. The van der Waals surface area contributed by atoms with Crippen molar-refractivity contribution in [3.05, 3.63) is 29.8 Å². The van der Waals surface area contributed by atoms with Crippen LogP contribution in [0.3, 0.4) is 0 Å². The molecule has 1 aromatic carbocycles. The first-order valence-electron chi connectivity index (χ1n) is 6.79. The number of anilines is 1. The van der Waals surface area contributed by atoms with Gasteiger partial charge in [-0.05, 0) is 56.1 Å². The molecule has 1 aliphatic heterocycles. The summed E-state index contributed by atoms with van der Waals surface area (Å²) in [7, 11) is 0. The Morgan fingerprint density at radius 2 is 2.37 bits per heavy atom. The summed E-state index contributed by atoms with van der Waals surface area (Å²) in [6, 6.07) is 7.89. The fourth-order valence-corrected chi connectivity index (χ4v) is 3.52. The molecular weight excluding hydrogens is 258 g/mol. The molecule has 1 fully saturated rings. The fraction of sp³-hybridized carbons (Fsp3) is 0.533. The van der Waals surface area contributed by atoms with E-state index < -0.39 is 0 Å². The van der Waals surface area contributed by atoms with Gasteiger partial charge in [-0.1, -0.05) is 12.1 Å². The number of aryl methyl sites for hydroxylation is 1. The van der Waals surface area contributed by atoms with Gasteiger partial charge < -0.3 is 10.4 Å². The second kappa shape index (κ2) is 6.44. The SMILES string of the molecule is CC1(C(=O)Nc2cccc(CCCO)c2)CCCS1. The zero-order chi connectivity index (χ0) is 13.7. The van der Waals surface area contributed by atoms with Crippen LogP contribution in [0.1, 0.15) is 31.7 Å². The minimum absolute atomic E-state index is 0.106. The molecule has 1 saturated heterocycles. The van der Waals surface area contributed by atoms with Crippen LogP contribution in [-0.2, 0) is 11.2 Å². The lowest BCUT2D eigenvalue weighted by Crippen LogP contribution is -2.34. The predicted molar refractivity (Wildman–Crippen MR) is 80.6 cm³/mol. The quantitative estimate of drug-likeness (QED) is 0.871. The van der Waals surface area contributed by atoms with Gasteiger partial charge in [0.25, 0.3) is 0 Å². The second-order valence-corrected chi connectivity index (χ2v) is 6.76. The van der Waals surface area contributed by atoms with Gasteiger partial charge in [0.05, 0.1) is 4.75 Å². The number of aliphatic hydroxyl groups excluding tert-OH is 1. The molecule has 2 rings (SSSR count). The van der Waals surface area contributed by atoms with E-state index in [2.05, 4.69) is 5.32 Å². The van der Waals surface area contributed by atoms with E-state index in [9.17, 15) is 4.79 Å². The third-order valence-electron chi connectivity index (χ3n) is 3.51. The van der Waals surface area contributed by atoms with Crippen LogP contribution in [-0.4, -0.2) is 28.1 Å². The third kappa shape index (κ3) is 3.74. The standard InChI is InChI=1S/C15H21NO2S/c1-15(8-4-10-19-15)14(18)16-13-7-2-5-12(11-13)6-3-9-17/h2,5,7,11,17H,3-4,6,8-10H2,1H3,(H,16,18). The van der Waals surface area contributed by atoms with E-state index in [1.54, 1.807) is 11.8 Å². The molecule has 1 atom stereocenters. The summed E-state index contributed by atoms with van der Waals surface area (Å²) in [6.45, 7) is 2.22. The molecule has 0 aromatic heterocycles. The highest BCUT2D eigenvalue weighted by Crippen LogP contribution is 2.38. The Bertz CT molecular complexity index is 442. The van der Waals surface area contributed by atoms with E-state index in [0.29, 0.717) is 0 Å². The Morgan fingerprint density at radius 3 is 3.05 bits per heavy atom. The number of carbonyl (C=O) groups is 1. The highest BCUT2D eigenvalue weighted by Gasteiger charge is 2.37. The van der Waals surface area contributed by atoms with E-state index >= 15 is 0 Å². The highest BCUT2D eigenvalue weighted by molar-refractivity contribution is 8.01. The number of amides is 1. The molecule has 19 heavy (non-hydrogen) atoms. The molecule has 2 N–H and O–H groups in total. The largest absolute Gasteiger partial charge is 0.396 e. The van der Waals surface area contributed by atoms with Gasteiger partial charge in [-0.15, -0.1) is 11.8 Å². The smallest absolute Gasteiger partial charge is 0.240 e. The second-order valence-electron chi connectivity index (χ2n) is 5.16. The minimum atomic E-state index is -0.277. The summed E-state index contributed by atoms with van der Waals surface area (Å²) in [5.74, 6) is 1.18. The van der Waals surface area contributed by atoms with Crippen molar-refractivity contribution in [1.82, 2.24) is 0 Å². The molecular formula is C15H21NO2S. The Kier molecular flexibility index (Phi) is 4.88. The molecule has 104 valence electrons. The molecule has 0 saturated carbocycles. The van der Waals surface area contributed by atoms with Crippen LogP contribution in [0.5, 0.6) is 0 Å². The van der Waals surface area contributed by atoms with Gasteiger partial charge in [0, 0.05) is 12.3 Å². The fourth-order valence-electron chi connectivity index (χ4n) is 2.31. The van der Waals surface area contributed by atoms with Crippen molar-refractivity contribution >= 4 is 23.4 Å². The van der Waals surface area contributed by atoms with Gasteiger partial charge in [-0.3, -0.25) is 4.79 Å². The van der Waals surface area contributed by atoms with Crippen LogP contribution in [0, 0.1) is 0 Å². The summed E-state index contributed by atoms with van der Waals surface area (Å²) in [4.78, 5) is 12.3. The summed E-state index contributed by atoms with van der Waals surface area (Å²) >= 11 is 1.75. The lowest BCUT2D eigenvalue weighted by Gasteiger charge is -2.21. The van der Waals surface area contributed by atoms with Crippen LogP contribution in [0.25, 0.3) is 0 Å². The van der Waals surface area contributed by atoms with Gasteiger partial charge in [0.15, 0.2) is 0 Å². The van der Waals surface area contributed by atoms with Crippen LogP contribution in [0.15, 0.2) is 24.3 Å². The van der Waals surface area contributed by atoms with Gasteiger partial charge in [0.2, 0.25) is 5.91 Å². The first-order chi connectivity index (χ1) is 9.14. The molecule has 4 heteroatoms. The van der Waals surface area contributed by atoms with E-state index in [4.69, 9.17) is 5.11 Å². The number of carbonyl (C=O) groups excluding carboxylic acids is 1. The first kappa shape index (κ1) is 14.4. The summed E-state index contributed by atoms with van der Waals surface area (Å²) in [6.07, 6.45) is 3.66. The van der Waals surface area contributed by atoms with Gasteiger partial charge >= 0.3 is 0 Å². The molecule has 1 unspecified atom stereocenters. The Balaban J connectivity index is 2.00. The van der Waals surface area contributed by atoms with Crippen LogP contribution < -0.4 is 5.32 Å². The van der Waals surface area contributed by atoms with Crippen molar-refractivity contribution in [2.45, 2.75) is 37.4 Å². The van der Waals surface area contributed by atoms with E-state index in [0.717, 1.165) is 42.7 Å². The summed E-state index contributed by atoms with van der Waals surface area (Å²) < 4.78 is -0.277. The van der Waals surface area contributed by atoms with E-state index in [1.165, 1.54) is 0 Å². The molecule has 1 heterocycles. The minimum Gasteiger partial charge on any atom is -0.396 e. The number of nitrogens with one attached hydrogen (secondary N) is 1. The lowest BCUT2D eigenvalue weighted by atomic mass is 10.0. The van der Waals surface area contributed by atoms with Crippen molar-refractivity contribution in [3.63, 3.8) is 0 Å². The van der Waals surface area contributed by atoms with Crippen LogP contribution in [0.2, 0.25) is 0 Å². The van der Waals surface area contributed by atoms with Crippen LogP contribution in [0.4, 0.5) is 5.69 Å². The Labute approximate surface area is 118 Å². The third-order valence-corrected chi connectivity index (χ3v) is 5.03. The summed E-state index contributed by atoms with van der Waals surface area (Å²) in [5, 5.41) is 11.9. The van der Waals surface area contributed by atoms with Crippen molar-refractivity contribution < 1.29 is 9.90 Å². The molecule has 1 amide bonds. The maximum atomic E-state index is 12.3. The van der Waals surface area contributed by atoms with Crippen LogP contribution >= 0.6 is 11.8 Å². The number of aliphatic hydroxyl groups is 1. The highest BCUT2D eigenvalue weighted by atomic mass is 32.2. The van der Waals surface area contributed by atoms with Gasteiger partial charge in [-0.2, -0.15) is 0 Å². The number of hydrogen-bond donors (Lipinski definition) is 2. The molecule has 3 nitrogen and oxygen atoms in total. The molecule has 0 spiro atoms. The number of thioether (sulfide) groups is 1. The summed E-state index contributed by atoms with van der Waals surface area (Å²) in [5.41, 5.74) is 2.00. The van der Waals surface area contributed by atoms with Gasteiger partial charge in [0.1, 0.15) is 0 Å². The Hall–Kier alpha value is -1.00. The maximum absolute atomic E-state index is 12.3. The van der Waals surface area contributed by atoms with E-state index in [-0.39, 0.29) is 17.3 Å². The molecule has 0 aliphatic carbocycles. The lowest BCUT2D eigenvalue weighted by molar-refractivity contribution is -0.118. The normalized spacial score (nSPS) is 22.4. The average molecular weight is 279 g/mol. The topological polar surface area (TPSA) is 49.3 Å². The Morgan fingerprint density at radius 1 is 1.53 bits per heavy atom. The molecule has 0 bridgehead atoms. The van der Waals surface area contributed by atoms with Crippen molar-refractivity contribution in [1.29, 1.82) is 0 Å². The monoisotopic (exact) mass is 279 g/mol. The zero-order valence-electron chi connectivity index (χ0n) is 11.3. The molecule has 0 radical (unpaired) electrons. The number of rotatable bonds is 5.